The molecule has 0 bridgehead atoms. The van der Waals surface area contributed by atoms with E-state index in [2.05, 4.69) is 145 Å². The van der Waals surface area contributed by atoms with E-state index in [4.69, 9.17) is 9.97 Å². The Morgan fingerprint density at radius 1 is 0.522 bits per heavy atom. The zero-order valence-electron chi connectivity index (χ0n) is 25.6. The standard InChI is InChI=1S/C42H30N4/c1-42(2)34-14-6-3-13-33(34)40-38(42)39(28-20-18-27(19-21-28)35-15-9-10-26-43-35)44-41(45-40)29-22-24-30(25-23-29)46-36-16-7-4-11-31(36)32-12-5-8-17-37(32)46/h3-26H,1-2H3. The molecule has 0 aliphatic heterocycles. The van der Waals surface area contributed by atoms with Gasteiger partial charge in [-0.15, -0.1) is 0 Å². The zero-order chi connectivity index (χ0) is 30.8. The third-order valence-electron chi connectivity index (χ3n) is 9.47. The lowest BCUT2D eigenvalue weighted by Gasteiger charge is -2.24. The summed E-state index contributed by atoms with van der Waals surface area (Å²) in [5.41, 5.74) is 13.0. The maximum absolute atomic E-state index is 5.32. The van der Waals surface area contributed by atoms with Gasteiger partial charge in [0, 0.05) is 55.9 Å². The molecule has 0 amide bonds. The molecule has 0 radical (unpaired) electrons. The van der Waals surface area contributed by atoms with Crippen LogP contribution in [0.2, 0.25) is 0 Å². The summed E-state index contributed by atoms with van der Waals surface area (Å²) in [6.45, 7) is 4.57. The van der Waals surface area contributed by atoms with Crippen LogP contribution in [0.15, 0.2) is 146 Å². The number of para-hydroxylation sites is 2. The highest BCUT2D eigenvalue weighted by atomic mass is 15.0. The average molecular weight is 591 g/mol. The summed E-state index contributed by atoms with van der Waals surface area (Å²) in [5.74, 6) is 0.726. The van der Waals surface area contributed by atoms with Crippen molar-refractivity contribution < 1.29 is 0 Å². The SMILES string of the molecule is CC1(C)c2ccccc2-c2nc(-c3ccc(-n4c5ccccc5c5ccccc54)cc3)nc(-c3ccc(-c4ccccn4)cc3)c21. The largest absolute Gasteiger partial charge is 0.309 e. The Morgan fingerprint density at radius 2 is 1.11 bits per heavy atom. The number of benzene rings is 5. The van der Waals surface area contributed by atoms with Crippen LogP contribution >= 0.6 is 0 Å². The van der Waals surface area contributed by atoms with Gasteiger partial charge in [-0.05, 0) is 54.1 Å². The van der Waals surface area contributed by atoms with Crippen molar-refractivity contribution in [2.45, 2.75) is 19.3 Å². The Morgan fingerprint density at radius 3 is 1.80 bits per heavy atom. The number of nitrogens with zero attached hydrogens (tertiary/aromatic N) is 4. The average Bonchev–Trinajstić information content (AvgIpc) is 3.57. The highest BCUT2D eigenvalue weighted by Gasteiger charge is 2.40. The van der Waals surface area contributed by atoms with Crippen molar-refractivity contribution in [3.63, 3.8) is 0 Å². The predicted octanol–water partition coefficient (Wildman–Crippen LogP) is 10.3. The molecular formula is C42H30N4. The van der Waals surface area contributed by atoms with Crippen LogP contribution in [0.25, 0.3) is 72.7 Å². The molecule has 1 aliphatic rings. The second kappa shape index (κ2) is 10.1. The van der Waals surface area contributed by atoms with E-state index in [0.29, 0.717) is 0 Å². The fraction of sp³-hybridized carbons (Fsp3) is 0.0714. The Kier molecular flexibility index (Phi) is 5.81. The van der Waals surface area contributed by atoms with E-state index < -0.39 is 0 Å². The molecule has 4 nitrogen and oxygen atoms in total. The third kappa shape index (κ3) is 3.97. The van der Waals surface area contributed by atoms with E-state index >= 15 is 0 Å². The van der Waals surface area contributed by atoms with Gasteiger partial charge in [-0.1, -0.05) is 105 Å². The molecule has 0 unspecified atom stereocenters. The summed E-state index contributed by atoms with van der Waals surface area (Å²) in [7, 11) is 0. The van der Waals surface area contributed by atoms with Crippen LogP contribution in [0.1, 0.15) is 25.0 Å². The highest BCUT2D eigenvalue weighted by Crippen LogP contribution is 2.51. The molecule has 46 heavy (non-hydrogen) atoms. The molecule has 3 heterocycles. The summed E-state index contributed by atoms with van der Waals surface area (Å²) in [6, 6.07) is 49.1. The van der Waals surface area contributed by atoms with E-state index in [-0.39, 0.29) is 5.41 Å². The Labute approximate surface area is 267 Å². The fourth-order valence-electron chi connectivity index (χ4n) is 7.25. The highest BCUT2D eigenvalue weighted by molar-refractivity contribution is 6.09. The minimum atomic E-state index is -0.236. The monoisotopic (exact) mass is 590 g/mol. The van der Waals surface area contributed by atoms with Crippen LogP contribution < -0.4 is 0 Å². The molecule has 0 fully saturated rings. The first kappa shape index (κ1) is 26.5. The van der Waals surface area contributed by atoms with E-state index in [1.54, 1.807) is 0 Å². The van der Waals surface area contributed by atoms with Crippen LogP contribution in [0.4, 0.5) is 0 Å². The van der Waals surface area contributed by atoms with Gasteiger partial charge >= 0.3 is 0 Å². The molecule has 0 atom stereocenters. The Balaban J connectivity index is 1.20. The van der Waals surface area contributed by atoms with Crippen LogP contribution in [-0.2, 0) is 5.41 Å². The molecule has 0 saturated carbocycles. The third-order valence-corrected chi connectivity index (χ3v) is 9.47. The van der Waals surface area contributed by atoms with Gasteiger partial charge in [0.05, 0.1) is 28.1 Å². The summed E-state index contributed by atoms with van der Waals surface area (Å²) in [5, 5.41) is 2.51. The molecule has 0 spiro atoms. The minimum absolute atomic E-state index is 0.236. The summed E-state index contributed by atoms with van der Waals surface area (Å²) >= 11 is 0. The summed E-state index contributed by atoms with van der Waals surface area (Å²) < 4.78 is 2.34. The van der Waals surface area contributed by atoms with E-state index in [1.165, 1.54) is 38.5 Å². The number of fused-ring (bicyclic) bond motifs is 6. The Hall–Kier alpha value is -5.87. The second-order valence-electron chi connectivity index (χ2n) is 12.5. The first-order valence-electron chi connectivity index (χ1n) is 15.7. The quantitative estimate of drug-likeness (QED) is 0.205. The molecule has 9 rings (SSSR count). The molecule has 4 heteroatoms. The lowest BCUT2D eigenvalue weighted by molar-refractivity contribution is 0.658. The van der Waals surface area contributed by atoms with Gasteiger partial charge in [0.15, 0.2) is 5.82 Å². The normalized spacial score (nSPS) is 13.2. The second-order valence-corrected chi connectivity index (χ2v) is 12.5. The topological polar surface area (TPSA) is 43.6 Å². The van der Waals surface area contributed by atoms with Gasteiger partial charge in [-0.25, -0.2) is 9.97 Å². The van der Waals surface area contributed by atoms with Crippen LogP contribution in [0.3, 0.4) is 0 Å². The van der Waals surface area contributed by atoms with Crippen LogP contribution in [0.5, 0.6) is 0 Å². The van der Waals surface area contributed by atoms with Gasteiger partial charge in [0.1, 0.15) is 0 Å². The van der Waals surface area contributed by atoms with Gasteiger partial charge < -0.3 is 4.57 Å². The van der Waals surface area contributed by atoms with Crippen molar-refractivity contribution >= 4 is 21.8 Å². The van der Waals surface area contributed by atoms with Crippen molar-refractivity contribution in [1.82, 2.24) is 19.5 Å². The van der Waals surface area contributed by atoms with Crippen molar-refractivity contribution in [3.8, 4) is 50.8 Å². The lowest BCUT2D eigenvalue weighted by atomic mass is 9.80. The van der Waals surface area contributed by atoms with Crippen molar-refractivity contribution in [2.24, 2.45) is 0 Å². The van der Waals surface area contributed by atoms with Crippen LogP contribution in [0, 0.1) is 0 Å². The van der Waals surface area contributed by atoms with Gasteiger partial charge in [-0.2, -0.15) is 0 Å². The Bertz CT molecular complexity index is 2370. The van der Waals surface area contributed by atoms with Gasteiger partial charge in [-0.3, -0.25) is 4.98 Å². The van der Waals surface area contributed by atoms with Crippen molar-refractivity contribution in [1.29, 1.82) is 0 Å². The smallest absolute Gasteiger partial charge is 0.160 e. The van der Waals surface area contributed by atoms with Crippen LogP contribution in [-0.4, -0.2) is 19.5 Å². The number of pyridine rings is 1. The van der Waals surface area contributed by atoms with E-state index in [9.17, 15) is 0 Å². The van der Waals surface area contributed by atoms with Gasteiger partial charge in [0.25, 0.3) is 0 Å². The number of aromatic nitrogens is 4. The summed E-state index contributed by atoms with van der Waals surface area (Å²) in [4.78, 5) is 15.1. The molecule has 8 aromatic rings. The molecule has 3 aromatic heterocycles. The first-order valence-corrected chi connectivity index (χ1v) is 15.7. The minimum Gasteiger partial charge on any atom is -0.309 e. The molecule has 0 N–H and O–H groups in total. The maximum Gasteiger partial charge on any atom is 0.160 e. The van der Waals surface area contributed by atoms with E-state index in [1.807, 2.05) is 24.4 Å². The lowest BCUT2D eigenvalue weighted by Crippen LogP contribution is -2.17. The molecular weight excluding hydrogens is 560 g/mol. The molecule has 218 valence electrons. The van der Waals surface area contributed by atoms with Crippen molar-refractivity contribution in [3.05, 3.63) is 157 Å². The maximum atomic E-state index is 5.32. The van der Waals surface area contributed by atoms with Gasteiger partial charge in [0.2, 0.25) is 0 Å². The number of hydrogen-bond donors (Lipinski definition) is 0. The first-order chi connectivity index (χ1) is 22.6. The molecule has 5 aromatic carbocycles. The van der Waals surface area contributed by atoms with Crippen molar-refractivity contribution in [2.75, 3.05) is 0 Å². The van der Waals surface area contributed by atoms with E-state index in [0.717, 1.165) is 45.3 Å². The zero-order valence-corrected chi connectivity index (χ0v) is 25.6. The number of hydrogen-bond acceptors (Lipinski definition) is 3. The number of rotatable bonds is 4. The fourth-order valence-corrected chi connectivity index (χ4v) is 7.25. The molecule has 1 aliphatic carbocycles. The summed E-state index contributed by atoms with van der Waals surface area (Å²) in [6.07, 6.45) is 1.83. The predicted molar refractivity (Wildman–Crippen MR) is 188 cm³/mol. The molecule has 0 saturated heterocycles.